The molecule has 0 unspecified atom stereocenters. The Labute approximate surface area is 124 Å². The van der Waals surface area contributed by atoms with E-state index in [2.05, 4.69) is 26.0 Å². The first-order valence-corrected chi connectivity index (χ1v) is 6.85. The van der Waals surface area contributed by atoms with E-state index in [-0.39, 0.29) is 12.0 Å². The monoisotopic (exact) mass is 288 g/mol. The summed E-state index contributed by atoms with van der Waals surface area (Å²) in [7, 11) is 0. The first-order chi connectivity index (χ1) is 9.50. The molecule has 0 N–H and O–H groups in total. The van der Waals surface area contributed by atoms with Gasteiger partial charge in [0.15, 0.2) is 6.61 Å². The minimum absolute atomic E-state index is 0.0813. The Morgan fingerprint density at radius 1 is 1.00 bits per heavy atom. The average molecular weight is 289 g/mol. The third-order valence-electron chi connectivity index (χ3n) is 3.42. The van der Waals surface area contributed by atoms with Crippen LogP contribution in [-0.2, 0) is 10.2 Å². The fourth-order valence-corrected chi connectivity index (χ4v) is 2.18. The Hall–Kier alpha value is -1.80. The molecule has 0 bridgehead atoms. The van der Waals surface area contributed by atoms with E-state index < -0.39 is 5.24 Å². The summed E-state index contributed by atoms with van der Waals surface area (Å²) in [5, 5.41) is -0.501. The van der Waals surface area contributed by atoms with Gasteiger partial charge in [0.25, 0.3) is 5.24 Å². The van der Waals surface area contributed by atoms with Crippen LogP contribution in [-0.4, -0.2) is 11.8 Å². The fraction of sp³-hybridized carbons (Fsp3) is 0.235. The van der Waals surface area contributed by atoms with Crippen LogP contribution in [0.2, 0.25) is 0 Å². The van der Waals surface area contributed by atoms with Crippen LogP contribution in [0.5, 0.6) is 5.75 Å². The highest BCUT2D eigenvalue weighted by atomic mass is 35.5. The zero-order chi connectivity index (χ0) is 14.6. The lowest BCUT2D eigenvalue weighted by Gasteiger charge is -2.26. The predicted molar refractivity (Wildman–Crippen MR) is 81.4 cm³/mol. The Bertz CT molecular complexity index is 574. The summed E-state index contributed by atoms with van der Waals surface area (Å²) >= 11 is 5.25. The molecule has 20 heavy (non-hydrogen) atoms. The van der Waals surface area contributed by atoms with Gasteiger partial charge in [0, 0.05) is 5.41 Å². The topological polar surface area (TPSA) is 26.3 Å². The van der Waals surface area contributed by atoms with Crippen molar-refractivity contribution < 1.29 is 9.53 Å². The van der Waals surface area contributed by atoms with Crippen molar-refractivity contribution in [1.29, 1.82) is 0 Å². The predicted octanol–water partition coefficient (Wildman–Crippen LogP) is 4.16. The average Bonchev–Trinajstić information content (AvgIpc) is 2.46. The van der Waals surface area contributed by atoms with Crippen LogP contribution >= 0.6 is 11.6 Å². The summed E-state index contributed by atoms with van der Waals surface area (Å²) < 4.78 is 5.26. The van der Waals surface area contributed by atoms with Gasteiger partial charge in [0.1, 0.15) is 5.75 Å². The lowest BCUT2D eigenvalue weighted by atomic mass is 9.78. The number of ether oxygens (including phenoxy) is 1. The first-order valence-electron chi connectivity index (χ1n) is 6.47. The second kappa shape index (κ2) is 6.10. The van der Waals surface area contributed by atoms with Gasteiger partial charge in [-0.15, -0.1) is 0 Å². The SMILES string of the molecule is CC(C)(c1ccccc1)c1ccc(OCC(=O)Cl)cc1. The normalized spacial score (nSPS) is 11.2. The molecule has 0 fully saturated rings. The molecule has 0 spiro atoms. The van der Waals surface area contributed by atoms with Crippen LogP contribution in [0.4, 0.5) is 0 Å². The molecule has 0 heterocycles. The molecule has 3 heteroatoms. The van der Waals surface area contributed by atoms with Crippen molar-refractivity contribution in [2.45, 2.75) is 19.3 Å². The molecule has 0 aliphatic rings. The van der Waals surface area contributed by atoms with E-state index in [9.17, 15) is 4.79 Å². The number of rotatable bonds is 5. The van der Waals surface area contributed by atoms with Crippen LogP contribution in [0.15, 0.2) is 54.6 Å². The van der Waals surface area contributed by atoms with Crippen molar-refractivity contribution in [2.24, 2.45) is 0 Å². The van der Waals surface area contributed by atoms with Crippen molar-refractivity contribution in [3.05, 3.63) is 65.7 Å². The molecule has 0 radical (unpaired) electrons. The highest BCUT2D eigenvalue weighted by molar-refractivity contribution is 6.63. The largest absolute Gasteiger partial charge is 0.484 e. The maximum Gasteiger partial charge on any atom is 0.259 e. The third kappa shape index (κ3) is 3.40. The number of carbonyl (C=O) groups is 1. The molecule has 0 saturated carbocycles. The Balaban J connectivity index is 2.19. The van der Waals surface area contributed by atoms with Gasteiger partial charge in [0.2, 0.25) is 0 Å². The number of hydrogen-bond acceptors (Lipinski definition) is 2. The molecule has 0 saturated heterocycles. The molecular formula is C17H17ClO2. The fourth-order valence-electron chi connectivity index (χ4n) is 2.13. The zero-order valence-corrected chi connectivity index (χ0v) is 12.4. The van der Waals surface area contributed by atoms with Gasteiger partial charge in [0.05, 0.1) is 0 Å². The summed E-state index contributed by atoms with van der Waals surface area (Å²) in [6.07, 6.45) is 0. The molecule has 0 aliphatic carbocycles. The minimum Gasteiger partial charge on any atom is -0.484 e. The summed E-state index contributed by atoms with van der Waals surface area (Å²) in [5.41, 5.74) is 2.36. The van der Waals surface area contributed by atoms with Gasteiger partial charge in [-0.2, -0.15) is 0 Å². The van der Waals surface area contributed by atoms with Crippen molar-refractivity contribution in [3.63, 3.8) is 0 Å². The van der Waals surface area contributed by atoms with Crippen molar-refractivity contribution >= 4 is 16.8 Å². The minimum atomic E-state index is -0.501. The van der Waals surface area contributed by atoms with Crippen LogP contribution in [0.3, 0.4) is 0 Å². The molecule has 2 rings (SSSR count). The van der Waals surface area contributed by atoms with Crippen LogP contribution in [0.1, 0.15) is 25.0 Å². The van der Waals surface area contributed by atoms with E-state index in [0.717, 1.165) is 0 Å². The zero-order valence-electron chi connectivity index (χ0n) is 11.6. The smallest absolute Gasteiger partial charge is 0.259 e. The lowest BCUT2D eigenvalue weighted by Crippen LogP contribution is -2.18. The quantitative estimate of drug-likeness (QED) is 0.772. The molecule has 2 aromatic rings. The molecule has 2 nitrogen and oxygen atoms in total. The molecular weight excluding hydrogens is 272 g/mol. The Morgan fingerprint density at radius 2 is 1.55 bits per heavy atom. The van der Waals surface area contributed by atoms with Crippen LogP contribution in [0.25, 0.3) is 0 Å². The number of halogens is 1. The van der Waals surface area contributed by atoms with Crippen LogP contribution in [0, 0.1) is 0 Å². The van der Waals surface area contributed by atoms with Crippen molar-refractivity contribution in [1.82, 2.24) is 0 Å². The maximum atomic E-state index is 10.7. The second-order valence-corrected chi connectivity index (χ2v) is 5.58. The molecule has 0 amide bonds. The summed E-state index contributed by atoms with van der Waals surface area (Å²) in [6.45, 7) is 4.25. The molecule has 104 valence electrons. The summed E-state index contributed by atoms with van der Waals surface area (Å²) in [5.74, 6) is 0.645. The van der Waals surface area contributed by atoms with E-state index >= 15 is 0 Å². The summed E-state index contributed by atoms with van der Waals surface area (Å²) in [6, 6.07) is 18.1. The Kier molecular flexibility index (Phi) is 4.46. The molecule has 0 atom stereocenters. The van der Waals surface area contributed by atoms with Gasteiger partial charge in [-0.1, -0.05) is 56.3 Å². The second-order valence-electron chi connectivity index (χ2n) is 5.16. The van der Waals surface area contributed by atoms with Crippen molar-refractivity contribution in [2.75, 3.05) is 6.61 Å². The van der Waals surface area contributed by atoms with Crippen molar-refractivity contribution in [3.8, 4) is 5.75 Å². The van der Waals surface area contributed by atoms with Gasteiger partial charge in [-0.05, 0) is 34.9 Å². The van der Waals surface area contributed by atoms with Gasteiger partial charge in [-0.3, -0.25) is 4.79 Å². The van der Waals surface area contributed by atoms with E-state index in [4.69, 9.17) is 16.3 Å². The number of carbonyl (C=O) groups excluding carboxylic acids is 1. The van der Waals surface area contributed by atoms with Gasteiger partial charge >= 0.3 is 0 Å². The summed E-state index contributed by atoms with van der Waals surface area (Å²) in [4.78, 5) is 10.7. The van der Waals surface area contributed by atoms with E-state index in [0.29, 0.717) is 5.75 Å². The molecule has 2 aromatic carbocycles. The molecule has 0 aliphatic heterocycles. The van der Waals surface area contributed by atoms with Crippen LogP contribution < -0.4 is 4.74 Å². The van der Waals surface area contributed by atoms with E-state index in [1.165, 1.54) is 11.1 Å². The van der Waals surface area contributed by atoms with Gasteiger partial charge in [-0.25, -0.2) is 0 Å². The first kappa shape index (κ1) is 14.6. The molecule has 0 aromatic heterocycles. The maximum absolute atomic E-state index is 10.7. The standard InChI is InChI=1S/C17H17ClO2/c1-17(2,13-6-4-3-5-7-13)14-8-10-15(11-9-14)20-12-16(18)19/h3-11H,12H2,1-2H3. The third-order valence-corrected chi connectivity index (χ3v) is 3.53. The van der Waals surface area contributed by atoms with Gasteiger partial charge < -0.3 is 4.74 Å². The highest BCUT2D eigenvalue weighted by Crippen LogP contribution is 2.32. The number of benzene rings is 2. The Morgan fingerprint density at radius 3 is 2.10 bits per heavy atom. The lowest BCUT2D eigenvalue weighted by molar-refractivity contribution is -0.113. The number of hydrogen-bond donors (Lipinski definition) is 0. The van der Waals surface area contributed by atoms with E-state index in [1.807, 2.05) is 42.5 Å². The van der Waals surface area contributed by atoms with E-state index in [1.54, 1.807) is 0 Å². The highest BCUT2D eigenvalue weighted by Gasteiger charge is 2.22.